The summed E-state index contributed by atoms with van der Waals surface area (Å²) in [7, 11) is -3.84. The number of carbonyl (C=O) groups is 2. The van der Waals surface area contributed by atoms with E-state index in [1.54, 1.807) is 31.2 Å². The van der Waals surface area contributed by atoms with E-state index < -0.39 is 34.1 Å². The summed E-state index contributed by atoms with van der Waals surface area (Å²) in [4.78, 5) is 28.3. The highest BCUT2D eigenvalue weighted by Gasteiger charge is 2.33. The summed E-state index contributed by atoms with van der Waals surface area (Å²) in [5.41, 5.74) is 0.627. The van der Waals surface area contributed by atoms with Gasteiger partial charge < -0.3 is 15.0 Å². The zero-order valence-corrected chi connectivity index (χ0v) is 22.3. The fourth-order valence-corrected chi connectivity index (χ4v) is 4.54. The molecule has 1 atom stereocenters. The van der Waals surface area contributed by atoms with E-state index in [1.807, 2.05) is 58.0 Å². The van der Waals surface area contributed by atoms with Gasteiger partial charge in [0.2, 0.25) is 21.8 Å². The number of amides is 2. The summed E-state index contributed by atoms with van der Waals surface area (Å²) in [6.45, 7) is 9.29. The number of rotatable bonds is 11. The van der Waals surface area contributed by atoms with E-state index in [2.05, 4.69) is 5.32 Å². The van der Waals surface area contributed by atoms with Crippen molar-refractivity contribution >= 4 is 27.5 Å². The molecule has 0 bridgehead atoms. The Balaban J connectivity index is 2.48. The van der Waals surface area contributed by atoms with E-state index in [9.17, 15) is 18.0 Å². The smallest absolute Gasteiger partial charge is 0.244 e. The van der Waals surface area contributed by atoms with E-state index in [0.29, 0.717) is 18.8 Å². The number of benzene rings is 2. The number of anilines is 1. The molecule has 0 spiro atoms. The van der Waals surface area contributed by atoms with Crippen LogP contribution in [0.5, 0.6) is 5.75 Å². The third-order valence-corrected chi connectivity index (χ3v) is 6.32. The highest BCUT2D eigenvalue weighted by atomic mass is 32.2. The average molecular weight is 504 g/mol. The van der Waals surface area contributed by atoms with Gasteiger partial charge in [0, 0.05) is 12.1 Å². The van der Waals surface area contributed by atoms with E-state index in [4.69, 9.17) is 4.74 Å². The first-order valence-electron chi connectivity index (χ1n) is 11.7. The maximum Gasteiger partial charge on any atom is 0.244 e. The van der Waals surface area contributed by atoms with Crippen LogP contribution in [0.15, 0.2) is 54.6 Å². The fourth-order valence-electron chi connectivity index (χ4n) is 3.69. The average Bonchev–Trinajstić information content (AvgIpc) is 2.76. The van der Waals surface area contributed by atoms with Crippen molar-refractivity contribution in [1.82, 2.24) is 10.2 Å². The Hall–Kier alpha value is -3.07. The van der Waals surface area contributed by atoms with Crippen molar-refractivity contribution in [1.29, 1.82) is 0 Å². The van der Waals surface area contributed by atoms with Crippen LogP contribution < -0.4 is 14.4 Å². The van der Waals surface area contributed by atoms with E-state index in [0.717, 1.165) is 16.1 Å². The number of nitrogens with zero attached hydrogens (tertiary/aromatic N) is 2. The van der Waals surface area contributed by atoms with Gasteiger partial charge in [-0.25, -0.2) is 8.42 Å². The second-order valence-electron chi connectivity index (χ2n) is 9.34. The molecule has 2 amide bonds. The largest absolute Gasteiger partial charge is 0.492 e. The second kappa shape index (κ2) is 12.1. The molecule has 9 heteroatoms. The monoisotopic (exact) mass is 503 g/mol. The van der Waals surface area contributed by atoms with Crippen molar-refractivity contribution in [3.63, 3.8) is 0 Å². The Kier molecular flexibility index (Phi) is 9.71. The van der Waals surface area contributed by atoms with Crippen molar-refractivity contribution in [2.75, 3.05) is 23.7 Å². The summed E-state index contributed by atoms with van der Waals surface area (Å²) in [6, 6.07) is 15.2. The molecule has 0 saturated carbocycles. The topological polar surface area (TPSA) is 96.0 Å². The van der Waals surface area contributed by atoms with Crippen LogP contribution >= 0.6 is 0 Å². The lowest BCUT2D eigenvalue weighted by molar-refractivity contribution is -0.141. The zero-order valence-electron chi connectivity index (χ0n) is 21.4. The van der Waals surface area contributed by atoms with Crippen molar-refractivity contribution in [3.8, 4) is 5.75 Å². The third-order valence-electron chi connectivity index (χ3n) is 5.19. The Bertz CT molecular complexity index is 1100. The molecule has 0 saturated heterocycles. The number of ether oxygens (including phenoxy) is 1. The number of hydrogen-bond donors (Lipinski definition) is 1. The Morgan fingerprint density at radius 1 is 1.00 bits per heavy atom. The predicted octanol–water partition coefficient (Wildman–Crippen LogP) is 3.57. The van der Waals surface area contributed by atoms with Gasteiger partial charge in [0.1, 0.15) is 18.3 Å². The fraction of sp³-hybridized carbons (Fsp3) is 0.462. The SMILES string of the molecule is CCOc1ccccc1N(CC(=O)N(Cc1ccccc1)C(CC)C(=O)NC(C)(C)C)S(C)(=O)=O. The first-order valence-corrected chi connectivity index (χ1v) is 13.6. The predicted molar refractivity (Wildman–Crippen MR) is 139 cm³/mol. The standard InChI is InChI=1S/C26H37N3O5S/c1-7-21(25(31)27-26(3,4)5)28(18-20-14-10-9-11-15-20)24(30)19-29(35(6,32)33)22-16-12-13-17-23(22)34-8-2/h9-17,21H,7-8,18-19H2,1-6H3,(H,27,31). The minimum Gasteiger partial charge on any atom is -0.492 e. The number of sulfonamides is 1. The van der Waals surface area contributed by atoms with Crippen molar-refractivity contribution in [2.24, 2.45) is 0 Å². The quantitative estimate of drug-likeness (QED) is 0.506. The summed E-state index contributed by atoms with van der Waals surface area (Å²) in [6.07, 6.45) is 1.42. The minimum atomic E-state index is -3.84. The van der Waals surface area contributed by atoms with Gasteiger partial charge in [0.25, 0.3) is 0 Å². The lowest BCUT2D eigenvalue weighted by Crippen LogP contribution is -2.55. The van der Waals surface area contributed by atoms with Gasteiger partial charge in [-0.05, 0) is 51.8 Å². The Morgan fingerprint density at radius 2 is 1.60 bits per heavy atom. The molecule has 0 fully saturated rings. The molecule has 192 valence electrons. The molecule has 0 radical (unpaired) electrons. The van der Waals surface area contributed by atoms with Gasteiger partial charge in [-0.3, -0.25) is 13.9 Å². The molecular weight excluding hydrogens is 466 g/mol. The lowest BCUT2D eigenvalue weighted by atomic mass is 10.1. The number of nitrogens with one attached hydrogen (secondary N) is 1. The Morgan fingerprint density at radius 3 is 2.14 bits per heavy atom. The van der Waals surface area contributed by atoms with Gasteiger partial charge >= 0.3 is 0 Å². The van der Waals surface area contributed by atoms with E-state index in [-0.39, 0.29) is 18.1 Å². The van der Waals surface area contributed by atoms with Crippen molar-refractivity contribution < 1.29 is 22.7 Å². The molecule has 2 aromatic carbocycles. The van der Waals surface area contributed by atoms with Crippen LogP contribution in [0.25, 0.3) is 0 Å². The molecule has 0 aromatic heterocycles. The minimum absolute atomic E-state index is 0.167. The molecule has 2 rings (SSSR count). The van der Waals surface area contributed by atoms with Crippen molar-refractivity contribution in [3.05, 3.63) is 60.2 Å². The number of hydrogen-bond acceptors (Lipinski definition) is 5. The van der Waals surface area contributed by atoms with Crippen LogP contribution in [0.3, 0.4) is 0 Å². The summed E-state index contributed by atoms with van der Waals surface area (Å²) in [5.74, 6) is -0.410. The van der Waals surface area contributed by atoms with Gasteiger partial charge in [0.15, 0.2) is 0 Å². The summed E-state index contributed by atoms with van der Waals surface area (Å²) in [5, 5.41) is 2.95. The van der Waals surface area contributed by atoms with E-state index in [1.165, 1.54) is 4.90 Å². The molecule has 1 N–H and O–H groups in total. The molecule has 1 unspecified atom stereocenters. The second-order valence-corrected chi connectivity index (χ2v) is 11.2. The molecule has 8 nitrogen and oxygen atoms in total. The van der Waals surface area contributed by atoms with Crippen LogP contribution in [-0.2, 0) is 26.2 Å². The molecule has 2 aromatic rings. The maximum absolute atomic E-state index is 13.7. The summed E-state index contributed by atoms with van der Waals surface area (Å²) >= 11 is 0. The van der Waals surface area contributed by atoms with Crippen LogP contribution in [0, 0.1) is 0 Å². The van der Waals surface area contributed by atoms with Gasteiger partial charge in [-0.1, -0.05) is 49.4 Å². The summed E-state index contributed by atoms with van der Waals surface area (Å²) < 4.78 is 32.2. The molecule has 0 aliphatic carbocycles. The first-order chi connectivity index (χ1) is 16.4. The van der Waals surface area contributed by atoms with Crippen LogP contribution in [0.2, 0.25) is 0 Å². The van der Waals surface area contributed by atoms with Gasteiger partial charge in [-0.2, -0.15) is 0 Å². The van der Waals surface area contributed by atoms with Crippen molar-refractivity contribution in [2.45, 2.75) is 59.2 Å². The van der Waals surface area contributed by atoms with Crippen LogP contribution in [-0.4, -0.2) is 56.1 Å². The molecule has 0 aliphatic heterocycles. The molecular formula is C26H37N3O5S. The lowest BCUT2D eigenvalue weighted by Gasteiger charge is -2.34. The van der Waals surface area contributed by atoms with Gasteiger partial charge in [-0.15, -0.1) is 0 Å². The van der Waals surface area contributed by atoms with Crippen LogP contribution in [0.4, 0.5) is 5.69 Å². The van der Waals surface area contributed by atoms with E-state index >= 15 is 0 Å². The normalized spacial score (nSPS) is 12.5. The number of carbonyl (C=O) groups excluding carboxylic acids is 2. The highest BCUT2D eigenvalue weighted by molar-refractivity contribution is 7.92. The maximum atomic E-state index is 13.7. The highest BCUT2D eigenvalue weighted by Crippen LogP contribution is 2.30. The van der Waals surface area contributed by atoms with Gasteiger partial charge in [0.05, 0.1) is 18.6 Å². The molecule has 0 heterocycles. The molecule has 35 heavy (non-hydrogen) atoms. The third kappa shape index (κ3) is 8.28. The van der Waals surface area contributed by atoms with Crippen LogP contribution in [0.1, 0.15) is 46.6 Å². The Labute approximate surface area is 209 Å². The molecule has 0 aliphatic rings. The first kappa shape index (κ1) is 28.2. The number of para-hydroxylation sites is 2. The zero-order chi connectivity index (χ0) is 26.2.